The number of fused-ring (bicyclic) bond motifs is 1. The number of nitrogens with one attached hydrogen (secondary N) is 1. The second-order valence-corrected chi connectivity index (χ2v) is 4.34. The van der Waals surface area contributed by atoms with Crippen molar-refractivity contribution in [2.45, 2.75) is 13.0 Å². The minimum Gasteiger partial charge on any atom is -0.283 e. The van der Waals surface area contributed by atoms with E-state index in [9.17, 15) is 4.79 Å². The van der Waals surface area contributed by atoms with Crippen molar-refractivity contribution in [2.75, 3.05) is 13.1 Å². The van der Waals surface area contributed by atoms with Crippen molar-refractivity contribution < 1.29 is 9.79 Å². The van der Waals surface area contributed by atoms with Crippen LogP contribution in [0.15, 0.2) is 35.3 Å². The molecule has 1 N–H and O–H groups in total. The van der Waals surface area contributed by atoms with E-state index >= 15 is 0 Å². The van der Waals surface area contributed by atoms with E-state index in [1.807, 2.05) is 25.1 Å². The molecule has 0 aromatic heterocycles. The zero-order valence-corrected chi connectivity index (χ0v) is 9.68. The second-order valence-electron chi connectivity index (χ2n) is 4.34. The molecule has 1 unspecified atom stereocenters. The quantitative estimate of drug-likeness (QED) is 0.672. The van der Waals surface area contributed by atoms with Crippen LogP contribution in [-0.4, -0.2) is 41.5 Å². The van der Waals surface area contributed by atoms with Gasteiger partial charge in [-0.25, -0.2) is 4.99 Å². The smallest absolute Gasteiger partial charge is 0.253 e. The van der Waals surface area contributed by atoms with E-state index < -0.39 is 0 Å². The Labute approximate surface area is 99.7 Å². The highest BCUT2D eigenvalue weighted by molar-refractivity contribution is 6.12. The van der Waals surface area contributed by atoms with Crippen LogP contribution in [0.25, 0.3) is 0 Å². The molecule has 0 fully saturated rings. The lowest BCUT2D eigenvalue weighted by Crippen LogP contribution is -2.81. The highest BCUT2D eigenvalue weighted by Crippen LogP contribution is 2.12. The molecular formula is C13H14N3O+. The SMILES string of the molecule is CC1N=C2C[NH+]=C(c3ccccc3)CN2C1=O. The first kappa shape index (κ1) is 10.2. The van der Waals surface area contributed by atoms with Gasteiger partial charge in [-0.3, -0.25) is 14.7 Å². The molecule has 1 aromatic carbocycles. The fraction of sp³-hybridized carbons (Fsp3) is 0.308. The summed E-state index contributed by atoms with van der Waals surface area (Å²) in [4.78, 5) is 21.3. The predicted molar refractivity (Wildman–Crippen MR) is 65.0 cm³/mol. The molecule has 3 rings (SSSR count). The zero-order chi connectivity index (χ0) is 11.8. The van der Waals surface area contributed by atoms with Gasteiger partial charge in [0.1, 0.15) is 12.6 Å². The van der Waals surface area contributed by atoms with Crippen LogP contribution in [-0.2, 0) is 4.79 Å². The number of carbonyl (C=O) groups is 1. The van der Waals surface area contributed by atoms with Gasteiger partial charge in [0.05, 0.1) is 0 Å². The minimum absolute atomic E-state index is 0.106. The van der Waals surface area contributed by atoms with Gasteiger partial charge in [0, 0.05) is 5.56 Å². The highest BCUT2D eigenvalue weighted by atomic mass is 16.2. The van der Waals surface area contributed by atoms with Gasteiger partial charge in [0.2, 0.25) is 5.71 Å². The van der Waals surface area contributed by atoms with Crippen LogP contribution in [0.3, 0.4) is 0 Å². The maximum Gasteiger partial charge on any atom is 0.253 e. The van der Waals surface area contributed by atoms with Gasteiger partial charge in [-0.2, -0.15) is 0 Å². The van der Waals surface area contributed by atoms with Crippen LogP contribution in [0.4, 0.5) is 0 Å². The average molecular weight is 228 g/mol. The molecule has 4 heteroatoms. The third-order valence-electron chi connectivity index (χ3n) is 3.18. The molecule has 0 aliphatic carbocycles. The average Bonchev–Trinajstić information content (AvgIpc) is 2.66. The number of hydrogen-bond donors (Lipinski definition) is 1. The van der Waals surface area contributed by atoms with E-state index in [0.717, 1.165) is 17.1 Å². The molecule has 4 nitrogen and oxygen atoms in total. The molecule has 2 aliphatic heterocycles. The van der Waals surface area contributed by atoms with Gasteiger partial charge in [-0.05, 0) is 19.1 Å². The largest absolute Gasteiger partial charge is 0.283 e. The molecular weight excluding hydrogens is 214 g/mol. The van der Waals surface area contributed by atoms with Gasteiger partial charge in [0.25, 0.3) is 5.91 Å². The summed E-state index contributed by atoms with van der Waals surface area (Å²) >= 11 is 0. The van der Waals surface area contributed by atoms with Crippen LogP contribution >= 0.6 is 0 Å². The van der Waals surface area contributed by atoms with Crippen molar-refractivity contribution in [1.82, 2.24) is 4.90 Å². The van der Waals surface area contributed by atoms with Crippen molar-refractivity contribution in [3.8, 4) is 0 Å². The summed E-state index contributed by atoms with van der Waals surface area (Å²) in [5.74, 6) is 0.970. The number of rotatable bonds is 1. The van der Waals surface area contributed by atoms with Gasteiger partial charge in [-0.1, -0.05) is 18.2 Å². The Morgan fingerprint density at radius 2 is 2.12 bits per heavy atom. The lowest BCUT2D eigenvalue weighted by Gasteiger charge is -2.19. The van der Waals surface area contributed by atoms with Crippen molar-refractivity contribution in [1.29, 1.82) is 0 Å². The Bertz CT molecular complexity index is 519. The Kier molecular flexibility index (Phi) is 2.28. The van der Waals surface area contributed by atoms with Gasteiger partial charge < -0.3 is 0 Å². The summed E-state index contributed by atoms with van der Waals surface area (Å²) in [6.45, 7) is 3.09. The Morgan fingerprint density at radius 3 is 2.88 bits per heavy atom. The predicted octanol–water partition coefficient (Wildman–Crippen LogP) is -0.801. The highest BCUT2D eigenvalue weighted by Gasteiger charge is 2.37. The number of aliphatic imine (C=N–C) groups is 1. The lowest BCUT2D eigenvalue weighted by molar-refractivity contribution is -0.443. The van der Waals surface area contributed by atoms with Gasteiger partial charge >= 0.3 is 0 Å². The van der Waals surface area contributed by atoms with Crippen molar-refractivity contribution in [3.05, 3.63) is 35.9 Å². The topological polar surface area (TPSA) is 46.6 Å². The first-order valence-corrected chi connectivity index (χ1v) is 5.79. The first-order valence-electron chi connectivity index (χ1n) is 5.79. The summed E-state index contributed by atoms with van der Waals surface area (Å²) in [6.07, 6.45) is 0. The maximum absolute atomic E-state index is 11.9. The summed E-state index contributed by atoms with van der Waals surface area (Å²) in [5.41, 5.74) is 2.23. The van der Waals surface area contributed by atoms with Crippen molar-refractivity contribution in [2.24, 2.45) is 4.99 Å². The van der Waals surface area contributed by atoms with Crippen LogP contribution < -0.4 is 4.99 Å². The molecule has 1 aromatic rings. The Hall–Kier alpha value is -1.97. The van der Waals surface area contributed by atoms with Gasteiger partial charge in [0.15, 0.2) is 12.4 Å². The first-order chi connectivity index (χ1) is 8.25. The molecule has 1 amide bonds. The summed E-state index contributed by atoms with van der Waals surface area (Å²) in [7, 11) is 0. The molecule has 17 heavy (non-hydrogen) atoms. The number of carbonyl (C=O) groups excluding carboxylic acids is 1. The normalized spacial score (nSPS) is 23.2. The fourth-order valence-corrected chi connectivity index (χ4v) is 2.24. The number of amides is 1. The second kappa shape index (κ2) is 3.80. The minimum atomic E-state index is -0.220. The standard InChI is InChI=1S/C13H13N3O/c1-9-13(17)16-8-11(14-7-12(16)15-9)10-5-3-2-4-6-10/h2-6,9H,7-8H2,1H3/p+1. The van der Waals surface area contributed by atoms with Crippen molar-refractivity contribution in [3.63, 3.8) is 0 Å². The zero-order valence-electron chi connectivity index (χ0n) is 9.68. The molecule has 0 saturated heterocycles. The van der Waals surface area contributed by atoms with Crippen LogP contribution in [0.2, 0.25) is 0 Å². The van der Waals surface area contributed by atoms with Crippen LogP contribution in [0.5, 0.6) is 0 Å². The molecule has 0 radical (unpaired) electrons. The van der Waals surface area contributed by atoms with E-state index in [0.29, 0.717) is 13.1 Å². The monoisotopic (exact) mass is 228 g/mol. The Balaban J connectivity index is 1.89. The fourth-order valence-electron chi connectivity index (χ4n) is 2.24. The third-order valence-corrected chi connectivity index (χ3v) is 3.18. The maximum atomic E-state index is 11.9. The molecule has 0 bridgehead atoms. The van der Waals surface area contributed by atoms with E-state index in [1.54, 1.807) is 4.90 Å². The van der Waals surface area contributed by atoms with Gasteiger partial charge in [-0.15, -0.1) is 0 Å². The van der Waals surface area contributed by atoms with Crippen LogP contribution in [0.1, 0.15) is 12.5 Å². The lowest BCUT2D eigenvalue weighted by atomic mass is 10.1. The van der Waals surface area contributed by atoms with Crippen LogP contribution in [0, 0.1) is 0 Å². The van der Waals surface area contributed by atoms with E-state index in [2.05, 4.69) is 22.1 Å². The van der Waals surface area contributed by atoms with Crippen molar-refractivity contribution >= 4 is 17.5 Å². The molecule has 2 aliphatic rings. The molecule has 2 heterocycles. The molecule has 0 saturated carbocycles. The summed E-state index contributed by atoms with van der Waals surface area (Å²) in [6, 6.07) is 9.87. The molecule has 1 atom stereocenters. The third kappa shape index (κ3) is 1.65. The number of amidine groups is 1. The van der Waals surface area contributed by atoms with E-state index in [1.165, 1.54) is 0 Å². The van der Waals surface area contributed by atoms with E-state index in [4.69, 9.17) is 0 Å². The molecule has 0 spiro atoms. The number of hydrogen-bond acceptors (Lipinski definition) is 2. The molecule has 86 valence electrons. The summed E-state index contributed by atoms with van der Waals surface area (Å²) < 4.78 is 0. The number of benzene rings is 1. The van der Waals surface area contributed by atoms with E-state index in [-0.39, 0.29) is 11.9 Å². The summed E-state index contributed by atoms with van der Waals surface area (Å²) in [5, 5.41) is 0. The number of nitrogens with zero attached hydrogens (tertiary/aromatic N) is 2. The Morgan fingerprint density at radius 1 is 1.35 bits per heavy atom.